The van der Waals surface area contributed by atoms with Crippen LogP contribution in [-0.2, 0) is 25.7 Å². The summed E-state index contributed by atoms with van der Waals surface area (Å²) in [6.45, 7) is 8.17. The minimum atomic E-state index is -0.627. The van der Waals surface area contributed by atoms with Gasteiger partial charge in [0.25, 0.3) is 0 Å². The molecule has 0 saturated carbocycles. The van der Waals surface area contributed by atoms with Gasteiger partial charge in [-0.05, 0) is 50.7 Å². The summed E-state index contributed by atoms with van der Waals surface area (Å²) in [5, 5.41) is 3.00. The highest BCUT2D eigenvalue weighted by Crippen LogP contribution is 2.35. The lowest BCUT2D eigenvalue weighted by Gasteiger charge is -2.32. The summed E-state index contributed by atoms with van der Waals surface area (Å²) in [4.78, 5) is 55.0. The molecular formula is C27H37N3O4. The van der Waals surface area contributed by atoms with Crippen molar-refractivity contribution in [1.29, 1.82) is 0 Å². The van der Waals surface area contributed by atoms with Gasteiger partial charge in [-0.2, -0.15) is 0 Å². The second-order valence-electron chi connectivity index (χ2n) is 9.42. The topological polar surface area (TPSA) is 86.8 Å². The zero-order valence-corrected chi connectivity index (χ0v) is 20.8. The standard InChI is InChI=1S/C27H37N3O4/c1-5-19(4)28-25(32)23(6-2)30(17-20-12-8-7-11-18(20)3)24(31)15-16-29-26(33)21-13-9-10-14-22(21)27(29)34/h7-12,19,21-23H,5-6,13-17H2,1-4H3,(H,28,32)/t19-,21-,22+,23+/m0/s1. The molecule has 34 heavy (non-hydrogen) atoms. The van der Waals surface area contributed by atoms with Gasteiger partial charge in [-0.3, -0.25) is 24.1 Å². The number of nitrogens with one attached hydrogen (secondary N) is 1. The Hall–Kier alpha value is -2.96. The number of carbonyl (C=O) groups is 4. The smallest absolute Gasteiger partial charge is 0.243 e. The van der Waals surface area contributed by atoms with Crippen LogP contribution < -0.4 is 5.32 Å². The summed E-state index contributed by atoms with van der Waals surface area (Å²) >= 11 is 0. The van der Waals surface area contributed by atoms with Gasteiger partial charge in [-0.15, -0.1) is 0 Å². The van der Waals surface area contributed by atoms with E-state index in [2.05, 4.69) is 5.32 Å². The Morgan fingerprint density at radius 1 is 1.06 bits per heavy atom. The van der Waals surface area contributed by atoms with Crippen molar-refractivity contribution in [3.05, 3.63) is 47.5 Å². The lowest BCUT2D eigenvalue weighted by Crippen LogP contribution is -2.51. The maximum absolute atomic E-state index is 13.5. The van der Waals surface area contributed by atoms with Crippen LogP contribution in [-0.4, -0.2) is 52.1 Å². The molecule has 4 amide bonds. The number of benzene rings is 1. The minimum absolute atomic E-state index is 0.00331. The molecule has 0 unspecified atom stereocenters. The number of amides is 4. The molecule has 7 nitrogen and oxygen atoms in total. The molecule has 1 fully saturated rings. The average Bonchev–Trinajstić information content (AvgIpc) is 3.08. The Morgan fingerprint density at radius 3 is 2.24 bits per heavy atom. The third-order valence-corrected chi connectivity index (χ3v) is 7.14. The van der Waals surface area contributed by atoms with Crippen molar-refractivity contribution in [2.24, 2.45) is 11.8 Å². The van der Waals surface area contributed by atoms with Gasteiger partial charge in [0.15, 0.2) is 0 Å². The van der Waals surface area contributed by atoms with Gasteiger partial charge >= 0.3 is 0 Å². The van der Waals surface area contributed by atoms with Gasteiger partial charge in [-0.1, -0.05) is 50.3 Å². The van der Waals surface area contributed by atoms with E-state index < -0.39 is 6.04 Å². The number of likely N-dealkylation sites (tertiary alicyclic amines) is 1. The molecular weight excluding hydrogens is 430 g/mol. The quantitative estimate of drug-likeness (QED) is 0.422. The van der Waals surface area contributed by atoms with Crippen molar-refractivity contribution in [2.75, 3.05) is 6.54 Å². The van der Waals surface area contributed by atoms with Crippen LogP contribution in [0.15, 0.2) is 36.4 Å². The zero-order valence-electron chi connectivity index (χ0n) is 20.8. The molecule has 0 radical (unpaired) electrons. The van der Waals surface area contributed by atoms with Gasteiger partial charge in [0.1, 0.15) is 6.04 Å². The molecule has 3 rings (SSSR count). The summed E-state index contributed by atoms with van der Waals surface area (Å²) in [7, 11) is 0. The molecule has 0 bridgehead atoms. The lowest BCUT2D eigenvalue weighted by molar-refractivity contribution is -0.144. The molecule has 2 aliphatic rings. The van der Waals surface area contributed by atoms with E-state index in [1.165, 1.54) is 4.90 Å². The van der Waals surface area contributed by atoms with E-state index in [4.69, 9.17) is 0 Å². The van der Waals surface area contributed by atoms with E-state index >= 15 is 0 Å². The first-order chi connectivity index (χ1) is 16.3. The number of carbonyl (C=O) groups excluding carboxylic acids is 4. The predicted molar refractivity (Wildman–Crippen MR) is 130 cm³/mol. The molecule has 0 spiro atoms. The molecule has 1 aromatic rings. The predicted octanol–water partition coefficient (Wildman–Crippen LogP) is 3.36. The molecule has 0 aromatic heterocycles. The van der Waals surface area contributed by atoms with Crippen LogP contribution in [0.4, 0.5) is 0 Å². The third-order valence-electron chi connectivity index (χ3n) is 7.14. The molecule has 184 valence electrons. The molecule has 1 heterocycles. The fourth-order valence-electron chi connectivity index (χ4n) is 4.77. The van der Waals surface area contributed by atoms with Crippen LogP contribution in [0.1, 0.15) is 64.0 Å². The number of rotatable bonds is 10. The first-order valence-electron chi connectivity index (χ1n) is 12.4. The number of nitrogens with zero attached hydrogens (tertiary/aromatic N) is 2. The van der Waals surface area contributed by atoms with Crippen molar-refractivity contribution in [3.63, 3.8) is 0 Å². The van der Waals surface area contributed by atoms with Gasteiger partial charge in [0, 0.05) is 25.6 Å². The van der Waals surface area contributed by atoms with Crippen LogP contribution in [0, 0.1) is 18.8 Å². The second-order valence-corrected chi connectivity index (χ2v) is 9.42. The number of hydrogen-bond acceptors (Lipinski definition) is 4. The van der Waals surface area contributed by atoms with Gasteiger partial charge in [0.2, 0.25) is 23.6 Å². The highest BCUT2D eigenvalue weighted by atomic mass is 16.2. The van der Waals surface area contributed by atoms with Crippen LogP contribution in [0.25, 0.3) is 0 Å². The Morgan fingerprint density at radius 2 is 1.68 bits per heavy atom. The minimum Gasteiger partial charge on any atom is -0.352 e. The first kappa shape index (κ1) is 25.7. The summed E-state index contributed by atoms with van der Waals surface area (Å²) < 4.78 is 0. The fourth-order valence-corrected chi connectivity index (χ4v) is 4.77. The average molecular weight is 468 g/mol. The van der Waals surface area contributed by atoms with Crippen molar-refractivity contribution < 1.29 is 19.2 Å². The lowest BCUT2D eigenvalue weighted by atomic mass is 9.85. The summed E-state index contributed by atoms with van der Waals surface area (Å²) in [5.41, 5.74) is 2.01. The molecule has 1 aromatic carbocycles. The number of allylic oxidation sites excluding steroid dienone is 2. The van der Waals surface area contributed by atoms with E-state index in [1.807, 2.05) is 64.1 Å². The van der Waals surface area contributed by atoms with Crippen LogP contribution in [0.3, 0.4) is 0 Å². The van der Waals surface area contributed by atoms with E-state index in [9.17, 15) is 19.2 Å². The fraction of sp³-hybridized carbons (Fsp3) is 0.556. The van der Waals surface area contributed by atoms with Crippen LogP contribution in [0.2, 0.25) is 0 Å². The first-order valence-corrected chi connectivity index (χ1v) is 12.4. The van der Waals surface area contributed by atoms with Gasteiger partial charge < -0.3 is 10.2 Å². The van der Waals surface area contributed by atoms with Crippen LogP contribution in [0.5, 0.6) is 0 Å². The van der Waals surface area contributed by atoms with E-state index in [0.29, 0.717) is 25.8 Å². The Balaban J connectivity index is 1.77. The van der Waals surface area contributed by atoms with Crippen molar-refractivity contribution in [1.82, 2.24) is 15.1 Å². The van der Waals surface area contributed by atoms with Gasteiger partial charge in [0.05, 0.1) is 11.8 Å². The van der Waals surface area contributed by atoms with E-state index in [0.717, 1.165) is 17.5 Å². The van der Waals surface area contributed by atoms with E-state index in [-0.39, 0.29) is 54.5 Å². The molecule has 1 aliphatic carbocycles. The molecule has 4 atom stereocenters. The van der Waals surface area contributed by atoms with Crippen molar-refractivity contribution in [3.8, 4) is 0 Å². The monoisotopic (exact) mass is 467 g/mol. The number of aryl methyl sites for hydroxylation is 1. The second kappa shape index (κ2) is 11.4. The molecule has 1 aliphatic heterocycles. The highest BCUT2D eigenvalue weighted by Gasteiger charge is 2.47. The van der Waals surface area contributed by atoms with E-state index in [1.54, 1.807) is 4.90 Å². The molecule has 1 N–H and O–H groups in total. The number of fused-ring (bicyclic) bond motifs is 1. The summed E-state index contributed by atoms with van der Waals surface area (Å²) in [6, 6.07) is 7.18. The van der Waals surface area contributed by atoms with Crippen LogP contribution >= 0.6 is 0 Å². The van der Waals surface area contributed by atoms with Gasteiger partial charge in [-0.25, -0.2) is 0 Å². The summed E-state index contributed by atoms with van der Waals surface area (Å²) in [6.07, 6.45) is 6.32. The third kappa shape index (κ3) is 5.57. The zero-order chi connectivity index (χ0) is 24.8. The normalized spacial score (nSPS) is 21.2. The number of hydrogen-bond donors (Lipinski definition) is 1. The largest absolute Gasteiger partial charge is 0.352 e. The molecule has 1 saturated heterocycles. The Kier molecular flexibility index (Phi) is 8.64. The Labute approximate surface area is 202 Å². The number of imide groups is 1. The maximum Gasteiger partial charge on any atom is 0.243 e. The highest BCUT2D eigenvalue weighted by molar-refractivity contribution is 6.05. The van der Waals surface area contributed by atoms with Crippen molar-refractivity contribution in [2.45, 2.75) is 78.4 Å². The molecule has 7 heteroatoms. The Bertz CT molecular complexity index is 931. The summed E-state index contributed by atoms with van der Waals surface area (Å²) in [5.74, 6) is -1.38. The van der Waals surface area contributed by atoms with Crippen molar-refractivity contribution >= 4 is 23.6 Å². The SMILES string of the molecule is CC[C@H](C(=O)N[C@@H](C)CC)N(Cc1ccccc1C)C(=O)CCN1C(=O)[C@H]2CC=CC[C@H]2C1=O. The maximum atomic E-state index is 13.5.